The van der Waals surface area contributed by atoms with Crippen LogP contribution in [-0.4, -0.2) is 16.1 Å². The van der Waals surface area contributed by atoms with E-state index >= 15 is 0 Å². The predicted molar refractivity (Wildman–Crippen MR) is 88.1 cm³/mol. The highest BCUT2D eigenvalue weighted by Crippen LogP contribution is 2.25. The topological polar surface area (TPSA) is 75.4 Å². The van der Waals surface area contributed by atoms with E-state index in [1.165, 1.54) is 23.3 Å². The molecule has 1 aromatic heterocycles. The minimum absolute atomic E-state index is 0.238. The number of hydrogen-bond donors (Lipinski definition) is 2. The molecule has 1 heterocycles. The monoisotopic (exact) mass is 308 g/mol. The van der Waals surface area contributed by atoms with E-state index in [-0.39, 0.29) is 5.56 Å². The first-order chi connectivity index (χ1) is 11.0. The Labute approximate surface area is 133 Å². The van der Waals surface area contributed by atoms with Crippen molar-refractivity contribution in [1.82, 2.24) is 4.98 Å². The summed E-state index contributed by atoms with van der Waals surface area (Å²) in [6.07, 6.45) is 1.61. The largest absolute Gasteiger partial charge is 0.478 e. The van der Waals surface area contributed by atoms with Gasteiger partial charge in [0, 0.05) is 11.3 Å². The van der Waals surface area contributed by atoms with Crippen molar-refractivity contribution in [3.8, 4) is 11.3 Å². The molecule has 0 aliphatic carbocycles. The van der Waals surface area contributed by atoms with Crippen LogP contribution in [0.5, 0.6) is 0 Å². The second-order valence-corrected chi connectivity index (χ2v) is 5.34. The van der Waals surface area contributed by atoms with Crippen molar-refractivity contribution in [3.63, 3.8) is 0 Å². The smallest absolute Gasteiger partial charge is 0.335 e. The van der Waals surface area contributed by atoms with Gasteiger partial charge in [-0.1, -0.05) is 18.2 Å². The Morgan fingerprint density at radius 2 is 1.83 bits per heavy atom. The molecule has 0 radical (unpaired) electrons. The standard InChI is InChI=1S/C18H16N2O3/c1-11-3-8-15(9-12(11)2)20-18-19-10-16(23-18)13-4-6-14(7-5-13)17(21)22/h3-10H,1-2H3,(H,19,20)(H,21,22). The van der Waals surface area contributed by atoms with Crippen molar-refractivity contribution in [3.05, 3.63) is 65.4 Å². The van der Waals surface area contributed by atoms with Gasteiger partial charge >= 0.3 is 5.97 Å². The predicted octanol–water partition coefficient (Wildman–Crippen LogP) is 4.40. The van der Waals surface area contributed by atoms with Gasteiger partial charge < -0.3 is 14.8 Å². The van der Waals surface area contributed by atoms with Gasteiger partial charge in [-0.15, -0.1) is 0 Å². The van der Waals surface area contributed by atoms with Gasteiger partial charge in [-0.2, -0.15) is 0 Å². The van der Waals surface area contributed by atoms with Crippen LogP contribution < -0.4 is 5.32 Å². The number of aromatic carboxylic acids is 1. The summed E-state index contributed by atoms with van der Waals surface area (Å²) in [5.74, 6) is -0.375. The average Bonchev–Trinajstić information content (AvgIpc) is 2.99. The normalized spacial score (nSPS) is 10.5. The van der Waals surface area contributed by atoms with Crippen molar-refractivity contribution < 1.29 is 14.3 Å². The van der Waals surface area contributed by atoms with Crippen molar-refractivity contribution in [2.24, 2.45) is 0 Å². The van der Waals surface area contributed by atoms with Gasteiger partial charge in [0.05, 0.1) is 11.8 Å². The molecular formula is C18H16N2O3. The highest BCUT2D eigenvalue weighted by molar-refractivity contribution is 5.88. The fourth-order valence-corrected chi connectivity index (χ4v) is 2.19. The molecule has 3 rings (SSSR count). The van der Waals surface area contributed by atoms with Crippen molar-refractivity contribution in [2.45, 2.75) is 13.8 Å². The number of aryl methyl sites for hydroxylation is 2. The lowest BCUT2D eigenvalue weighted by molar-refractivity contribution is 0.0697. The van der Waals surface area contributed by atoms with Gasteiger partial charge in [0.1, 0.15) is 0 Å². The fourth-order valence-electron chi connectivity index (χ4n) is 2.19. The quantitative estimate of drug-likeness (QED) is 0.747. The highest BCUT2D eigenvalue weighted by Gasteiger charge is 2.08. The van der Waals surface area contributed by atoms with Crippen molar-refractivity contribution in [1.29, 1.82) is 0 Å². The summed E-state index contributed by atoms with van der Waals surface area (Å²) in [5, 5.41) is 12.0. The molecule has 0 amide bonds. The van der Waals surface area contributed by atoms with E-state index in [4.69, 9.17) is 9.52 Å². The number of carboxylic acid groups (broad SMARTS) is 1. The molecule has 0 aliphatic rings. The number of benzene rings is 2. The Morgan fingerprint density at radius 3 is 2.48 bits per heavy atom. The van der Waals surface area contributed by atoms with E-state index in [9.17, 15) is 4.79 Å². The number of aromatic nitrogens is 1. The number of carbonyl (C=O) groups is 1. The Hall–Kier alpha value is -3.08. The van der Waals surface area contributed by atoms with Crippen LogP contribution in [0.4, 0.5) is 11.7 Å². The van der Waals surface area contributed by atoms with Crippen LogP contribution in [0.3, 0.4) is 0 Å². The molecule has 23 heavy (non-hydrogen) atoms. The number of hydrogen-bond acceptors (Lipinski definition) is 4. The van der Waals surface area contributed by atoms with Crippen LogP contribution in [0, 0.1) is 13.8 Å². The molecule has 0 saturated carbocycles. The molecule has 2 N–H and O–H groups in total. The second-order valence-electron chi connectivity index (χ2n) is 5.34. The lowest BCUT2D eigenvalue weighted by Gasteiger charge is -2.05. The molecule has 3 aromatic rings. The van der Waals surface area contributed by atoms with E-state index in [1.807, 2.05) is 25.1 Å². The lowest BCUT2D eigenvalue weighted by Crippen LogP contribution is -1.94. The Morgan fingerprint density at radius 1 is 1.09 bits per heavy atom. The number of carboxylic acids is 1. The third-order valence-electron chi connectivity index (χ3n) is 3.68. The summed E-state index contributed by atoms with van der Waals surface area (Å²) in [4.78, 5) is 15.1. The molecule has 0 bridgehead atoms. The van der Waals surface area contributed by atoms with Gasteiger partial charge in [0.15, 0.2) is 5.76 Å². The zero-order chi connectivity index (χ0) is 16.4. The van der Waals surface area contributed by atoms with Crippen molar-refractivity contribution in [2.75, 3.05) is 5.32 Å². The first kappa shape index (κ1) is 14.8. The molecule has 0 saturated heterocycles. The van der Waals surface area contributed by atoms with Crippen LogP contribution >= 0.6 is 0 Å². The van der Waals surface area contributed by atoms with Gasteiger partial charge in [0.2, 0.25) is 0 Å². The van der Waals surface area contributed by atoms with Crippen molar-refractivity contribution >= 4 is 17.7 Å². The number of oxazole rings is 1. The minimum Gasteiger partial charge on any atom is -0.478 e. The van der Waals surface area contributed by atoms with Gasteiger partial charge in [-0.25, -0.2) is 9.78 Å². The maximum Gasteiger partial charge on any atom is 0.335 e. The molecular weight excluding hydrogens is 292 g/mol. The number of rotatable bonds is 4. The highest BCUT2D eigenvalue weighted by atomic mass is 16.4. The Kier molecular flexibility index (Phi) is 3.85. The average molecular weight is 308 g/mol. The van der Waals surface area contributed by atoms with Gasteiger partial charge in [0.25, 0.3) is 6.01 Å². The number of nitrogens with zero attached hydrogens (tertiary/aromatic N) is 1. The first-order valence-corrected chi connectivity index (χ1v) is 7.17. The third kappa shape index (κ3) is 3.23. The summed E-state index contributed by atoms with van der Waals surface area (Å²) in [6, 6.07) is 12.9. The first-order valence-electron chi connectivity index (χ1n) is 7.17. The number of nitrogens with one attached hydrogen (secondary N) is 1. The van der Waals surface area contributed by atoms with Gasteiger partial charge in [-0.3, -0.25) is 0 Å². The summed E-state index contributed by atoms with van der Waals surface area (Å²) in [7, 11) is 0. The summed E-state index contributed by atoms with van der Waals surface area (Å²) >= 11 is 0. The van der Waals surface area contributed by atoms with E-state index in [1.54, 1.807) is 18.3 Å². The molecule has 0 spiro atoms. The minimum atomic E-state index is -0.953. The molecule has 2 aromatic carbocycles. The van der Waals surface area contributed by atoms with E-state index in [0.29, 0.717) is 11.8 Å². The summed E-state index contributed by atoms with van der Waals surface area (Å²) < 4.78 is 5.67. The Balaban J connectivity index is 1.79. The number of anilines is 2. The van der Waals surface area contributed by atoms with Crippen LogP contribution in [0.25, 0.3) is 11.3 Å². The maximum absolute atomic E-state index is 10.9. The molecule has 0 unspecified atom stereocenters. The fraction of sp³-hybridized carbons (Fsp3) is 0.111. The Bertz CT molecular complexity index is 851. The maximum atomic E-state index is 10.9. The van der Waals surface area contributed by atoms with Gasteiger partial charge in [-0.05, 0) is 49.2 Å². The third-order valence-corrected chi connectivity index (χ3v) is 3.68. The molecule has 0 fully saturated rings. The zero-order valence-electron chi connectivity index (χ0n) is 12.8. The lowest BCUT2D eigenvalue weighted by atomic mass is 10.1. The van der Waals surface area contributed by atoms with Crippen LogP contribution in [0.1, 0.15) is 21.5 Å². The second kappa shape index (κ2) is 5.96. The van der Waals surface area contributed by atoms with Crippen LogP contribution in [-0.2, 0) is 0 Å². The SMILES string of the molecule is Cc1ccc(Nc2ncc(-c3ccc(C(=O)O)cc3)o2)cc1C. The zero-order valence-corrected chi connectivity index (χ0v) is 12.8. The van der Waals surface area contributed by atoms with E-state index < -0.39 is 5.97 Å². The molecule has 0 aliphatic heterocycles. The molecule has 5 heteroatoms. The summed E-state index contributed by atoms with van der Waals surface area (Å²) in [6.45, 7) is 4.11. The van der Waals surface area contributed by atoms with Crippen LogP contribution in [0.2, 0.25) is 0 Å². The summed E-state index contributed by atoms with van der Waals surface area (Å²) in [5.41, 5.74) is 4.33. The molecule has 116 valence electrons. The van der Waals surface area contributed by atoms with E-state index in [2.05, 4.69) is 17.2 Å². The van der Waals surface area contributed by atoms with E-state index in [0.717, 1.165) is 11.3 Å². The van der Waals surface area contributed by atoms with Crippen LogP contribution in [0.15, 0.2) is 53.1 Å². The molecule has 5 nitrogen and oxygen atoms in total. The molecule has 0 atom stereocenters.